The average Bonchev–Trinajstić information content (AvgIpc) is 3.29. The fourth-order valence-corrected chi connectivity index (χ4v) is 9.09. The molecule has 3 aliphatic carbocycles. The number of alkyl halides is 3. The molecule has 1 spiro atoms. The summed E-state index contributed by atoms with van der Waals surface area (Å²) < 4.78 is 63.3. The van der Waals surface area contributed by atoms with Crippen molar-refractivity contribution in [3.63, 3.8) is 0 Å². The van der Waals surface area contributed by atoms with Crippen LogP contribution in [0.2, 0.25) is 0 Å². The molecule has 1 aromatic carbocycles. The van der Waals surface area contributed by atoms with E-state index in [2.05, 4.69) is 0 Å². The second-order valence-electron chi connectivity index (χ2n) is 12.7. The Balaban J connectivity index is 1.42. The summed E-state index contributed by atoms with van der Waals surface area (Å²) in [7, 11) is 1.03. The van der Waals surface area contributed by atoms with E-state index in [1.54, 1.807) is 6.92 Å². The number of esters is 3. The first-order valence-corrected chi connectivity index (χ1v) is 14.3. The summed E-state index contributed by atoms with van der Waals surface area (Å²) in [6.45, 7) is 2.79. The summed E-state index contributed by atoms with van der Waals surface area (Å²) in [5, 5.41) is 34.1. The molecule has 2 saturated carbocycles. The summed E-state index contributed by atoms with van der Waals surface area (Å²) in [5.74, 6) is -8.08. The van der Waals surface area contributed by atoms with Crippen LogP contribution in [0.4, 0.5) is 13.2 Å². The van der Waals surface area contributed by atoms with Gasteiger partial charge in [-0.2, -0.15) is 13.2 Å². The Morgan fingerprint density at radius 1 is 1.09 bits per heavy atom. The van der Waals surface area contributed by atoms with Crippen molar-refractivity contribution in [3.05, 3.63) is 53.3 Å². The van der Waals surface area contributed by atoms with Crippen LogP contribution in [-0.2, 0) is 38.1 Å². The normalized spacial score (nSPS) is 40.7. The fourth-order valence-electron chi connectivity index (χ4n) is 9.09. The number of carbonyl (C=O) groups excluding carboxylic acids is 4. The largest absolute Gasteiger partial charge is 0.467 e. The van der Waals surface area contributed by atoms with Gasteiger partial charge in [-0.25, -0.2) is 14.4 Å². The highest BCUT2D eigenvalue weighted by molar-refractivity contribution is 6.01. The summed E-state index contributed by atoms with van der Waals surface area (Å²) >= 11 is 0. The van der Waals surface area contributed by atoms with E-state index in [0.29, 0.717) is 0 Å². The lowest BCUT2D eigenvalue weighted by atomic mass is 9.38. The van der Waals surface area contributed by atoms with E-state index in [0.717, 1.165) is 7.11 Å². The molecular formula is C31H31F3O11. The van der Waals surface area contributed by atoms with Crippen LogP contribution in [0.25, 0.3) is 5.57 Å². The third kappa shape index (κ3) is 4.11. The average molecular weight is 637 g/mol. The molecular weight excluding hydrogens is 605 g/mol. The maximum Gasteiger partial charge on any atom is 0.417 e. The Bertz CT molecular complexity index is 1540. The predicted molar refractivity (Wildman–Crippen MR) is 143 cm³/mol. The molecule has 45 heavy (non-hydrogen) atoms. The number of ketones is 1. The summed E-state index contributed by atoms with van der Waals surface area (Å²) in [6, 6.07) is 6.60. The van der Waals surface area contributed by atoms with Crippen LogP contribution in [0.1, 0.15) is 32.3 Å². The molecule has 0 amide bonds. The van der Waals surface area contributed by atoms with Gasteiger partial charge in [0, 0.05) is 23.8 Å². The molecule has 242 valence electrons. The van der Waals surface area contributed by atoms with E-state index in [1.165, 1.54) is 37.3 Å². The van der Waals surface area contributed by atoms with E-state index >= 15 is 0 Å². The van der Waals surface area contributed by atoms with Crippen LogP contribution in [-0.4, -0.2) is 88.9 Å². The van der Waals surface area contributed by atoms with Gasteiger partial charge in [-0.05, 0) is 35.8 Å². The highest BCUT2D eigenvalue weighted by Gasteiger charge is 2.84. The van der Waals surface area contributed by atoms with Gasteiger partial charge in [0.2, 0.25) is 0 Å². The Hall–Kier alpha value is -3.59. The lowest BCUT2D eigenvalue weighted by Gasteiger charge is -2.67. The van der Waals surface area contributed by atoms with Crippen LogP contribution in [0.5, 0.6) is 0 Å². The quantitative estimate of drug-likeness (QED) is 0.250. The molecule has 1 aromatic rings. The van der Waals surface area contributed by atoms with E-state index in [-0.39, 0.29) is 30.2 Å². The van der Waals surface area contributed by atoms with E-state index in [4.69, 9.17) is 18.9 Å². The summed E-state index contributed by atoms with van der Waals surface area (Å²) in [5.41, 5.74) is -6.34. The minimum Gasteiger partial charge on any atom is -0.467 e. The number of carbonyl (C=O) groups is 4. The number of benzene rings is 1. The SMILES string of the molecule is COC(=O)[C@@]12OC[C@]34[C@H]([C@@H](O)C1O)[C@@]1(C)CC(=O)C(OC(=O)/C=C(/c5ccccc5)C(F)(F)F)=C(C)[C@@H]1C[C@H]3OC(=O)[C@H](O)[C@H]42. The Labute approximate surface area is 254 Å². The van der Waals surface area contributed by atoms with E-state index in [9.17, 15) is 47.7 Å². The zero-order valence-electron chi connectivity index (χ0n) is 24.4. The number of hydrogen-bond acceptors (Lipinski definition) is 11. The fraction of sp³-hybridized carbons (Fsp3) is 0.548. The number of Topliss-reactive ketones (excluding diaryl/α,β-unsaturated/α-hetero) is 1. The van der Waals surface area contributed by atoms with Gasteiger partial charge in [0.05, 0.1) is 31.3 Å². The summed E-state index contributed by atoms with van der Waals surface area (Å²) in [4.78, 5) is 52.5. The smallest absolute Gasteiger partial charge is 0.417 e. The number of allylic oxidation sites excluding steroid dienone is 3. The van der Waals surface area contributed by atoms with E-state index < -0.39 is 106 Å². The van der Waals surface area contributed by atoms with Gasteiger partial charge < -0.3 is 34.3 Å². The zero-order valence-corrected chi connectivity index (χ0v) is 24.4. The molecule has 2 aliphatic heterocycles. The first kappa shape index (κ1) is 31.4. The molecule has 2 saturated heterocycles. The molecule has 10 atom stereocenters. The van der Waals surface area contributed by atoms with Gasteiger partial charge in [0.25, 0.3) is 0 Å². The minimum absolute atomic E-state index is 0.0286. The lowest BCUT2D eigenvalue weighted by molar-refractivity contribution is -0.289. The molecule has 14 heteroatoms. The Morgan fingerprint density at radius 2 is 1.76 bits per heavy atom. The highest BCUT2D eigenvalue weighted by atomic mass is 19.4. The van der Waals surface area contributed by atoms with Crippen molar-refractivity contribution in [3.8, 4) is 0 Å². The van der Waals surface area contributed by atoms with Crippen LogP contribution in [0.15, 0.2) is 47.7 Å². The van der Waals surface area contributed by atoms with Crippen molar-refractivity contribution >= 4 is 29.3 Å². The minimum atomic E-state index is -4.91. The van der Waals surface area contributed by atoms with Gasteiger partial charge in [-0.15, -0.1) is 0 Å². The second kappa shape index (κ2) is 10.2. The number of fused-ring (bicyclic) bond motifs is 2. The molecule has 1 unspecified atom stereocenters. The Kier molecular flexibility index (Phi) is 7.12. The highest BCUT2D eigenvalue weighted by Crippen LogP contribution is 2.72. The van der Waals surface area contributed by atoms with Crippen molar-refractivity contribution in [2.75, 3.05) is 13.7 Å². The first-order chi connectivity index (χ1) is 21.1. The van der Waals surface area contributed by atoms with Crippen LogP contribution in [0, 0.1) is 28.6 Å². The van der Waals surface area contributed by atoms with Crippen molar-refractivity contribution in [2.24, 2.45) is 28.6 Å². The van der Waals surface area contributed by atoms with Crippen LogP contribution in [0.3, 0.4) is 0 Å². The van der Waals surface area contributed by atoms with Gasteiger partial charge in [-0.3, -0.25) is 4.79 Å². The lowest BCUT2D eigenvalue weighted by Crippen LogP contribution is -2.79. The van der Waals surface area contributed by atoms with Crippen LogP contribution >= 0.6 is 0 Å². The number of rotatable bonds is 4. The molecule has 2 bridgehead atoms. The number of halogens is 3. The number of ether oxygens (including phenoxy) is 4. The number of aliphatic hydroxyl groups excluding tert-OH is 3. The topological polar surface area (TPSA) is 166 Å². The molecule has 5 aliphatic rings. The third-order valence-corrected chi connectivity index (χ3v) is 10.7. The van der Waals surface area contributed by atoms with Gasteiger partial charge >= 0.3 is 24.1 Å². The number of methoxy groups -OCH3 is 1. The number of aliphatic hydroxyl groups is 3. The second-order valence-corrected chi connectivity index (χ2v) is 12.7. The predicted octanol–water partition coefficient (Wildman–Crippen LogP) is 1.63. The van der Waals surface area contributed by atoms with Gasteiger partial charge in [0.15, 0.2) is 23.2 Å². The van der Waals surface area contributed by atoms with Gasteiger partial charge in [-0.1, -0.05) is 37.3 Å². The molecule has 11 nitrogen and oxygen atoms in total. The Morgan fingerprint density at radius 3 is 2.38 bits per heavy atom. The number of hydrogen-bond donors (Lipinski definition) is 3. The standard InChI is InChI=1S/C31H31F3O11/c1-13-15-9-18-29-12-43-30(27(41)42-3,24(29)21(38)26(40)44-18)25(39)20(37)23(29)28(15,2)11-17(35)22(13)45-19(36)10-16(31(32,33)34)14-7-5-4-6-8-14/h4-8,10,15,18,20-21,23-25,37-39H,9,11-12H2,1-3H3/b16-10-/t15-,18+,20+,21+,23+,24+,25?,28-,29+,30-/m0/s1. The molecule has 4 fully saturated rings. The summed E-state index contributed by atoms with van der Waals surface area (Å²) in [6.07, 6.45) is -11.8. The molecule has 0 radical (unpaired) electrons. The first-order valence-electron chi connectivity index (χ1n) is 14.3. The zero-order chi connectivity index (χ0) is 32.9. The van der Waals surface area contributed by atoms with Gasteiger partial charge in [0.1, 0.15) is 12.2 Å². The monoisotopic (exact) mass is 636 g/mol. The molecule has 0 aromatic heterocycles. The van der Waals surface area contributed by atoms with Crippen molar-refractivity contribution < 1.29 is 66.6 Å². The molecule has 3 N–H and O–H groups in total. The maximum absolute atomic E-state index is 13.8. The maximum atomic E-state index is 13.8. The third-order valence-electron chi connectivity index (χ3n) is 10.7. The van der Waals surface area contributed by atoms with Crippen molar-refractivity contribution in [2.45, 2.75) is 62.9 Å². The van der Waals surface area contributed by atoms with E-state index in [1.807, 2.05) is 0 Å². The molecule has 6 rings (SSSR count). The van der Waals surface area contributed by atoms with Crippen molar-refractivity contribution in [1.82, 2.24) is 0 Å². The van der Waals surface area contributed by atoms with Crippen molar-refractivity contribution in [1.29, 1.82) is 0 Å². The molecule has 2 heterocycles. The van der Waals surface area contributed by atoms with Crippen LogP contribution < -0.4 is 0 Å².